The lowest BCUT2D eigenvalue weighted by molar-refractivity contribution is -0.549. The number of ketones is 1. The highest BCUT2D eigenvalue weighted by Gasteiger charge is 2.79. The van der Waals surface area contributed by atoms with Crippen LogP contribution in [0.25, 0.3) is 0 Å². The quantitative estimate of drug-likeness (QED) is 0.223. The van der Waals surface area contributed by atoms with Crippen molar-refractivity contribution in [1.82, 2.24) is 0 Å². The van der Waals surface area contributed by atoms with Crippen molar-refractivity contribution in [3.8, 4) is 5.75 Å². The molecule has 0 fully saturated rings. The molecule has 0 aliphatic rings. The molecule has 0 saturated heterocycles. The Labute approximate surface area is 173 Å². The predicted octanol–water partition coefficient (Wildman–Crippen LogP) is 6.17. The molecule has 0 aliphatic carbocycles. The van der Waals surface area contributed by atoms with Crippen LogP contribution in [0.4, 0.5) is 61.5 Å². The van der Waals surface area contributed by atoms with Gasteiger partial charge in [0.2, 0.25) is 0 Å². The van der Waals surface area contributed by atoms with Gasteiger partial charge in [-0.2, -0.15) is 57.1 Å². The molecular formula is C15H8F14O4. The number of ether oxygens (including phenoxy) is 3. The van der Waals surface area contributed by atoms with E-state index in [9.17, 15) is 66.3 Å². The molecule has 0 aromatic heterocycles. The minimum absolute atomic E-state index is 0.125. The van der Waals surface area contributed by atoms with Crippen LogP contribution < -0.4 is 4.74 Å². The monoisotopic (exact) mass is 518 g/mol. The third kappa shape index (κ3) is 6.15. The van der Waals surface area contributed by atoms with Crippen molar-refractivity contribution in [3.63, 3.8) is 0 Å². The minimum atomic E-state index is -7.50. The van der Waals surface area contributed by atoms with Crippen molar-refractivity contribution in [2.45, 2.75) is 49.8 Å². The first-order chi connectivity index (χ1) is 14.5. The molecule has 2 atom stereocenters. The Bertz CT molecular complexity index is 832. The largest absolute Gasteiger partial charge is 0.478 e. The van der Waals surface area contributed by atoms with Gasteiger partial charge in [-0.3, -0.25) is 9.53 Å². The number of Topliss-reactive ketones (excluding diaryl/α,β-unsaturated/α-hetero) is 1. The molecule has 0 aliphatic heterocycles. The van der Waals surface area contributed by atoms with Crippen molar-refractivity contribution in [2.75, 3.05) is 0 Å². The second kappa shape index (κ2) is 8.77. The third-order valence-electron chi connectivity index (χ3n) is 3.35. The number of benzene rings is 1. The smallest absolute Gasteiger partial charge is 0.429 e. The summed E-state index contributed by atoms with van der Waals surface area (Å²) in [4.78, 5) is 11.0. The standard InChI is InChI=1S/C15H8F14O4/c1-6(30)7-2-4-8(5-3-7)31-10(17,18)9(16)32-15(29,13(24,25)26)33-14(27,28)11(19,20)12(21,22)23/h2-5,9H,1H3. The Balaban J connectivity index is 3.20. The molecule has 0 saturated carbocycles. The molecule has 0 amide bonds. The summed E-state index contributed by atoms with van der Waals surface area (Å²) in [5.41, 5.74) is -0.125. The maximum Gasteiger partial charge on any atom is 0.478 e. The Morgan fingerprint density at radius 1 is 0.788 bits per heavy atom. The van der Waals surface area contributed by atoms with Crippen LogP contribution in [0, 0.1) is 0 Å². The van der Waals surface area contributed by atoms with Gasteiger partial charge in [-0.15, -0.1) is 0 Å². The number of hydrogen-bond acceptors (Lipinski definition) is 4. The average molecular weight is 518 g/mol. The van der Waals surface area contributed by atoms with E-state index in [0.717, 1.165) is 19.1 Å². The maximum atomic E-state index is 13.8. The lowest BCUT2D eigenvalue weighted by atomic mass is 10.1. The maximum absolute atomic E-state index is 13.8. The van der Waals surface area contributed by atoms with Crippen LogP contribution in [0.5, 0.6) is 5.75 Å². The number of hydrogen-bond donors (Lipinski definition) is 0. The van der Waals surface area contributed by atoms with Crippen molar-refractivity contribution >= 4 is 5.78 Å². The lowest BCUT2D eigenvalue weighted by Gasteiger charge is -2.35. The molecule has 33 heavy (non-hydrogen) atoms. The van der Waals surface area contributed by atoms with E-state index in [0.29, 0.717) is 12.1 Å². The Hall–Kier alpha value is -2.37. The number of rotatable bonds is 9. The van der Waals surface area contributed by atoms with E-state index in [1.807, 2.05) is 0 Å². The van der Waals surface area contributed by atoms with Crippen LogP contribution in [0.3, 0.4) is 0 Å². The number of alkyl halides is 14. The summed E-state index contributed by atoms with van der Waals surface area (Å²) in [6, 6.07) is -4.31. The molecular weight excluding hydrogens is 510 g/mol. The van der Waals surface area contributed by atoms with Crippen LogP contribution in [-0.4, -0.2) is 48.7 Å². The van der Waals surface area contributed by atoms with Gasteiger partial charge in [0, 0.05) is 5.56 Å². The van der Waals surface area contributed by atoms with E-state index in [1.165, 1.54) is 0 Å². The molecule has 0 heterocycles. The zero-order valence-electron chi connectivity index (χ0n) is 15.3. The molecule has 1 rings (SSSR count). The summed E-state index contributed by atoms with van der Waals surface area (Å²) >= 11 is 0. The zero-order valence-corrected chi connectivity index (χ0v) is 15.3. The molecule has 1 aromatic rings. The van der Waals surface area contributed by atoms with Crippen molar-refractivity contribution in [2.24, 2.45) is 0 Å². The lowest BCUT2D eigenvalue weighted by Crippen LogP contribution is -2.61. The molecule has 0 bridgehead atoms. The third-order valence-corrected chi connectivity index (χ3v) is 3.35. The van der Waals surface area contributed by atoms with Gasteiger partial charge < -0.3 is 4.74 Å². The predicted molar refractivity (Wildman–Crippen MR) is 74.9 cm³/mol. The van der Waals surface area contributed by atoms with Gasteiger partial charge in [0.1, 0.15) is 5.75 Å². The summed E-state index contributed by atoms with van der Waals surface area (Å²) in [5.74, 6) is -9.22. The molecule has 2 unspecified atom stereocenters. The van der Waals surface area contributed by atoms with Crippen molar-refractivity contribution in [3.05, 3.63) is 29.8 Å². The highest BCUT2D eigenvalue weighted by atomic mass is 19.4. The van der Waals surface area contributed by atoms with E-state index in [1.54, 1.807) is 4.74 Å². The number of carbonyl (C=O) groups excluding carboxylic acids is 1. The Morgan fingerprint density at radius 2 is 1.24 bits per heavy atom. The van der Waals surface area contributed by atoms with Gasteiger partial charge >= 0.3 is 42.9 Å². The van der Waals surface area contributed by atoms with Crippen molar-refractivity contribution < 1.29 is 80.5 Å². The normalized spacial score (nSPS) is 16.8. The molecule has 0 N–H and O–H groups in total. The van der Waals surface area contributed by atoms with Gasteiger partial charge in [0.15, 0.2) is 5.78 Å². The van der Waals surface area contributed by atoms with E-state index in [-0.39, 0.29) is 5.56 Å². The molecule has 18 heteroatoms. The summed E-state index contributed by atoms with van der Waals surface area (Å²) in [6.07, 6.45) is -32.7. The first-order valence-corrected chi connectivity index (χ1v) is 7.75. The van der Waals surface area contributed by atoms with Crippen LogP contribution >= 0.6 is 0 Å². The SMILES string of the molecule is CC(=O)c1ccc(OC(F)(F)C(F)OC(F)(OC(F)(F)C(F)(F)C(F)(F)F)C(F)(F)F)cc1. The fourth-order valence-corrected chi connectivity index (χ4v) is 1.71. The van der Waals surface area contributed by atoms with Crippen molar-refractivity contribution in [1.29, 1.82) is 0 Å². The van der Waals surface area contributed by atoms with E-state index < -0.39 is 54.4 Å². The summed E-state index contributed by atoms with van der Waals surface area (Å²) in [7, 11) is 0. The van der Waals surface area contributed by atoms with Gasteiger partial charge in [-0.25, -0.2) is 9.13 Å². The summed E-state index contributed by atoms with van der Waals surface area (Å²) < 4.78 is 188. The Kier molecular flexibility index (Phi) is 7.62. The molecule has 0 radical (unpaired) electrons. The van der Waals surface area contributed by atoms with E-state index >= 15 is 0 Å². The number of halogens is 14. The van der Waals surface area contributed by atoms with E-state index in [2.05, 4.69) is 9.47 Å². The Morgan fingerprint density at radius 3 is 1.61 bits per heavy atom. The van der Waals surface area contributed by atoms with E-state index in [4.69, 9.17) is 0 Å². The fourth-order valence-electron chi connectivity index (χ4n) is 1.71. The second-order valence-electron chi connectivity index (χ2n) is 5.90. The van der Waals surface area contributed by atoms with Gasteiger partial charge in [-0.1, -0.05) is 0 Å². The molecule has 0 spiro atoms. The first kappa shape index (κ1) is 28.7. The topological polar surface area (TPSA) is 44.8 Å². The van der Waals surface area contributed by atoms with Crippen LogP contribution in [-0.2, 0) is 9.47 Å². The van der Waals surface area contributed by atoms with Crippen LogP contribution in [0.15, 0.2) is 24.3 Å². The highest BCUT2D eigenvalue weighted by Crippen LogP contribution is 2.52. The zero-order chi connectivity index (χ0) is 26.3. The summed E-state index contributed by atoms with van der Waals surface area (Å²) in [5, 5.41) is 0. The first-order valence-electron chi connectivity index (χ1n) is 7.75. The van der Waals surface area contributed by atoms with Gasteiger partial charge in [-0.05, 0) is 31.2 Å². The summed E-state index contributed by atoms with van der Waals surface area (Å²) in [6.45, 7) is 1.02. The highest BCUT2D eigenvalue weighted by molar-refractivity contribution is 5.94. The van der Waals surface area contributed by atoms with Gasteiger partial charge in [0.05, 0.1) is 0 Å². The molecule has 4 nitrogen and oxygen atoms in total. The van der Waals surface area contributed by atoms with Gasteiger partial charge in [0.25, 0.3) is 0 Å². The fraction of sp³-hybridized carbons (Fsp3) is 0.533. The average Bonchev–Trinajstić information content (AvgIpc) is 2.59. The second-order valence-corrected chi connectivity index (χ2v) is 5.90. The minimum Gasteiger partial charge on any atom is -0.429 e. The molecule has 1 aromatic carbocycles. The number of carbonyl (C=O) groups is 1. The van der Waals surface area contributed by atoms with Crippen LogP contribution in [0.1, 0.15) is 17.3 Å². The van der Waals surface area contributed by atoms with Crippen LogP contribution in [0.2, 0.25) is 0 Å². The molecule has 190 valence electrons.